The van der Waals surface area contributed by atoms with Gasteiger partial charge in [-0.15, -0.1) is 0 Å². The number of rotatable bonds is 3. The number of nitrogens with zero attached hydrogens (tertiary/aromatic N) is 4. The minimum Gasteiger partial charge on any atom is -0.345 e. The molecule has 0 aliphatic carbocycles. The number of fused-ring (bicyclic) bond motifs is 1. The molecule has 1 saturated heterocycles. The van der Waals surface area contributed by atoms with Gasteiger partial charge in [-0.25, -0.2) is 4.98 Å². The van der Waals surface area contributed by atoms with Gasteiger partial charge in [0.2, 0.25) is 0 Å². The third-order valence-corrected chi connectivity index (χ3v) is 6.53. The Kier molecular flexibility index (Phi) is 5.14. The van der Waals surface area contributed by atoms with Gasteiger partial charge < -0.3 is 9.80 Å². The lowest BCUT2D eigenvalue weighted by Gasteiger charge is -2.34. The number of thiazole rings is 1. The highest BCUT2D eigenvalue weighted by Crippen LogP contribution is 2.33. The quantitative estimate of drug-likeness (QED) is 0.453. The summed E-state index contributed by atoms with van der Waals surface area (Å²) >= 11 is 7.62. The molecule has 2 heterocycles. The second kappa shape index (κ2) is 7.61. The van der Waals surface area contributed by atoms with Gasteiger partial charge in [0.25, 0.3) is 11.6 Å². The van der Waals surface area contributed by atoms with Crippen molar-refractivity contribution in [3.63, 3.8) is 0 Å². The number of halogens is 1. The molecule has 0 spiro atoms. The van der Waals surface area contributed by atoms with Crippen LogP contribution >= 0.6 is 22.9 Å². The maximum atomic E-state index is 12.9. The summed E-state index contributed by atoms with van der Waals surface area (Å²) in [6.07, 6.45) is 0. The Hall–Kier alpha value is -2.71. The van der Waals surface area contributed by atoms with E-state index in [0.717, 1.165) is 10.6 Å². The molecule has 1 fully saturated rings. The lowest BCUT2D eigenvalue weighted by atomic mass is 10.1. The van der Waals surface area contributed by atoms with Gasteiger partial charge in [-0.05, 0) is 43.2 Å². The molecule has 0 radical (unpaired) electrons. The van der Waals surface area contributed by atoms with E-state index in [9.17, 15) is 14.9 Å². The third kappa shape index (κ3) is 3.77. The highest BCUT2D eigenvalue weighted by atomic mass is 35.5. The van der Waals surface area contributed by atoms with E-state index >= 15 is 0 Å². The Bertz CT molecular complexity index is 1120. The van der Waals surface area contributed by atoms with Crippen molar-refractivity contribution < 1.29 is 9.72 Å². The predicted octanol–water partition coefficient (Wildman–Crippen LogP) is 4.44. The van der Waals surface area contributed by atoms with Crippen LogP contribution in [0.5, 0.6) is 0 Å². The second-order valence-corrected chi connectivity index (χ2v) is 8.54. The number of nitro benzene ring substituents is 1. The van der Waals surface area contributed by atoms with Crippen molar-refractivity contribution in [1.29, 1.82) is 0 Å². The van der Waals surface area contributed by atoms with Gasteiger partial charge in [-0.1, -0.05) is 29.0 Å². The molecule has 0 unspecified atom stereocenters. The molecule has 2 aromatic carbocycles. The van der Waals surface area contributed by atoms with Crippen LogP contribution in [0.15, 0.2) is 30.3 Å². The first-order valence-corrected chi connectivity index (χ1v) is 10.4. The van der Waals surface area contributed by atoms with Crippen molar-refractivity contribution in [2.45, 2.75) is 13.8 Å². The normalized spacial score (nSPS) is 14.4. The van der Waals surface area contributed by atoms with Gasteiger partial charge in [0.1, 0.15) is 5.56 Å². The van der Waals surface area contributed by atoms with Crippen LogP contribution < -0.4 is 4.90 Å². The van der Waals surface area contributed by atoms with Crippen LogP contribution in [-0.2, 0) is 0 Å². The number of amides is 1. The Morgan fingerprint density at radius 2 is 1.90 bits per heavy atom. The smallest absolute Gasteiger partial charge is 0.282 e. The van der Waals surface area contributed by atoms with Gasteiger partial charge in [0.15, 0.2) is 5.13 Å². The number of benzene rings is 2. The molecule has 4 rings (SSSR count). The number of aromatic nitrogens is 1. The number of hydrogen-bond donors (Lipinski definition) is 0. The largest absolute Gasteiger partial charge is 0.345 e. The average molecular weight is 431 g/mol. The molecule has 3 aromatic rings. The van der Waals surface area contributed by atoms with Crippen molar-refractivity contribution in [2.75, 3.05) is 31.1 Å². The SMILES string of the molecule is Cc1cc(C)c2sc(N3CCN(C(=O)c4cc(Cl)ccc4[N+](=O)[O-])CC3)nc2c1. The summed E-state index contributed by atoms with van der Waals surface area (Å²) in [7, 11) is 0. The number of hydrogen-bond acceptors (Lipinski definition) is 6. The lowest BCUT2D eigenvalue weighted by Crippen LogP contribution is -2.48. The molecule has 1 aromatic heterocycles. The van der Waals surface area contributed by atoms with E-state index in [0.29, 0.717) is 31.2 Å². The van der Waals surface area contributed by atoms with Crippen LogP contribution in [0.4, 0.5) is 10.8 Å². The summed E-state index contributed by atoms with van der Waals surface area (Å²) in [5, 5.41) is 12.5. The van der Waals surface area contributed by atoms with E-state index in [1.807, 2.05) is 0 Å². The monoisotopic (exact) mass is 430 g/mol. The Morgan fingerprint density at radius 3 is 2.59 bits per heavy atom. The van der Waals surface area contributed by atoms with Crippen molar-refractivity contribution in [1.82, 2.24) is 9.88 Å². The fourth-order valence-corrected chi connectivity index (χ4v) is 4.85. The van der Waals surface area contributed by atoms with Crippen molar-refractivity contribution in [3.05, 3.63) is 62.2 Å². The maximum Gasteiger partial charge on any atom is 0.282 e. The van der Waals surface area contributed by atoms with Gasteiger partial charge >= 0.3 is 0 Å². The molecular weight excluding hydrogens is 412 g/mol. The molecule has 29 heavy (non-hydrogen) atoms. The molecule has 1 aliphatic rings. The second-order valence-electron chi connectivity index (χ2n) is 7.12. The van der Waals surface area contributed by atoms with E-state index in [4.69, 9.17) is 16.6 Å². The Balaban J connectivity index is 1.51. The fourth-order valence-electron chi connectivity index (χ4n) is 3.61. The van der Waals surface area contributed by atoms with E-state index < -0.39 is 4.92 Å². The Labute approximate surface area is 176 Å². The van der Waals surface area contributed by atoms with Crippen LogP contribution in [-0.4, -0.2) is 46.9 Å². The van der Waals surface area contributed by atoms with Gasteiger partial charge in [0.05, 0.1) is 15.1 Å². The maximum absolute atomic E-state index is 12.9. The molecule has 1 amide bonds. The first-order chi connectivity index (χ1) is 13.8. The standard InChI is InChI=1S/C20H19ClN4O3S/c1-12-9-13(2)18-16(10-12)22-20(29-18)24-7-5-23(6-8-24)19(26)15-11-14(21)3-4-17(15)25(27)28/h3-4,9-11H,5-8H2,1-2H3. The molecule has 7 nitrogen and oxygen atoms in total. The van der Waals surface area contributed by atoms with Crippen molar-refractivity contribution in [3.8, 4) is 0 Å². The highest BCUT2D eigenvalue weighted by molar-refractivity contribution is 7.22. The zero-order valence-electron chi connectivity index (χ0n) is 16.0. The average Bonchev–Trinajstić information content (AvgIpc) is 3.11. The number of aryl methyl sites for hydroxylation is 2. The highest BCUT2D eigenvalue weighted by Gasteiger charge is 2.28. The zero-order chi connectivity index (χ0) is 20.7. The molecule has 1 aliphatic heterocycles. The summed E-state index contributed by atoms with van der Waals surface area (Å²) in [6.45, 7) is 6.33. The molecular formula is C20H19ClN4O3S. The predicted molar refractivity (Wildman–Crippen MR) is 115 cm³/mol. The molecule has 150 valence electrons. The van der Waals surface area contributed by atoms with Gasteiger partial charge in [-0.3, -0.25) is 14.9 Å². The molecule has 9 heteroatoms. The topological polar surface area (TPSA) is 79.6 Å². The first kappa shape index (κ1) is 19.6. The Morgan fingerprint density at radius 1 is 1.17 bits per heavy atom. The number of carbonyl (C=O) groups is 1. The van der Waals surface area contributed by atoms with Crippen molar-refractivity contribution in [2.24, 2.45) is 0 Å². The number of piperazine rings is 1. The number of anilines is 1. The third-order valence-electron chi connectivity index (χ3n) is 5.03. The number of nitro groups is 1. The summed E-state index contributed by atoms with van der Waals surface area (Å²) < 4.78 is 1.18. The molecule has 0 N–H and O–H groups in total. The van der Waals surface area contributed by atoms with Crippen LogP contribution in [0, 0.1) is 24.0 Å². The van der Waals surface area contributed by atoms with E-state index in [2.05, 4.69) is 30.9 Å². The first-order valence-electron chi connectivity index (χ1n) is 9.19. The molecule has 0 saturated carbocycles. The summed E-state index contributed by atoms with van der Waals surface area (Å²) in [5.41, 5.74) is 3.20. The minimum atomic E-state index is -0.550. The summed E-state index contributed by atoms with van der Waals surface area (Å²) in [5.74, 6) is -0.366. The molecule has 0 atom stereocenters. The summed E-state index contributed by atoms with van der Waals surface area (Å²) in [6, 6.07) is 8.30. The van der Waals surface area contributed by atoms with Crippen molar-refractivity contribution >= 4 is 49.9 Å². The van der Waals surface area contributed by atoms with E-state index in [-0.39, 0.29) is 17.2 Å². The van der Waals surface area contributed by atoms with Gasteiger partial charge in [-0.2, -0.15) is 0 Å². The van der Waals surface area contributed by atoms with Crippen LogP contribution in [0.25, 0.3) is 10.2 Å². The fraction of sp³-hybridized carbons (Fsp3) is 0.300. The van der Waals surface area contributed by atoms with Crippen LogP contribution in [0.1, 0.15) is 21.5 Å². The lowest BCUT2D eigenvalue weighted by molar-refractivity contribution is -0.385. The van der Waals surface area contributed by atoms with Crippen LogP contribution in [0.3, 0.4) is 0 Å². The van der Waals surface area contributed by atoms with E-state index in [1.54, 1.807) is 16.2 Å². The number of carbonyl (C=O) groups excluding carboxylic acids is 1. The molecule has 0 bridgehead atoms. The van der Waals surface area contributed by atoms with E-state index in [1.165, 1.54) is 34.0 Å². The van der Waals surface area contributed by atoms with Gasteiger partial charge in [0, 0.05) is 37.3 Å². The summed E-state index contributed by atoms with van der Waals surface area (Å²) in [4.78, 5) is 32.2. The van der Waals surface area contributed by atoms with Crippen LogP contribution in [0.2, 0.25) is 5.02 Å². The minimum absolute atomic E-state index is 0.0297. The zero-order valence-corrected chi connectivity index (χ0v) is 17.6.